The number of benzene rings is 2. The summed E-state index contributed by atoms with van der Waals surface area (Å²) in [5.41, 5.74) is 3.24. The maximum atomic E-state index is 13.2. The number of pyridine rings is 1. The minimum absolute atomic E-state index is 0.235. The van der Waals surface area contributed by atoms with Crippen LogP contribution in [0.25, 0.3) is 5.57 Å². The molecule has 2 heterocycles. The van der Waals surface area contributed by atoms with Crippen molar-refractivity contribution in [3.63, 3.8) is 0 Å². The first kappa shape index (κ1) is 18.2. The summed E-state index contributed by atoms with van der Waals surface area (Å²) in [6, 6.07) is 23.0. The Morgan fingerprint density at radius 3 is 2.07 bits per heavy atom. The molecule has 0 aliphatic carbocycles. The third kappa shape index (κ3) is 3.75. The van der Waals surface area contributed by atoms with Crippen molar-refractivity contribution in [1.29, 1.82) is 0 Å². The van der Waals surface area contributed by atoms with Crippen molar-refractivity contribution in [3.8, 4) is 0 Å². The Kier molecular flexibility index (Phi) is 5.35. The minimum atomic E-state index is -0.247. The fourth-order valence-corrected chi connectivity index (χ4v) is 4.18. The van der Waals surface area contributed by atoms with E-state index in [-0.39, 0.29) is 18.4 Å². The van der Waals surface area contributed by atoms with Crippen molar-refractivity contribution in [2.75, 3.05) is 0 Å². The monoisotopic (exact) mass is 386 g/mol. The van der Waals surface area contributed by atoms with Gasteiger partial charge in [0, 0.05) is 18.1 Å². The molecular formula is C23H18N2O2S. The van der Waals surface area contributed by atoms with Crippen LogP contribution in [0.15, 0.2) is 90.1 Å². The van der Waals surface area contributed by atoms with Crippen molar-refractivity contribution in [1.82, 2.24) is 9.88 Å². The lowest BCUT2D eigenvalue weighted by Gasteiger charge is -2.15. The van der Waals surface area contributed by atoms with Crippen molar-refractivity contribution in [2.45, 2.75) is 12.3 Å². The zero-order valence-electron chi connectivity index (χ0n) is 15.1. The molecule has 0 spiro atoms. The second kappa shape index (κ2) is 8.23. The highest BCUT2D eigenvalue weighted by Gasteiger charge is 2.39. The molecule has 2 amide bonds. The number of imide groups is 1. The molecule has 4 nitrogen and oxygen atoms in total. The highest BCUT2D eigenvalue weighted by atomic mass is 32.2. The van der Waals surface area contributed by atoms with Gasteiger partial charge in [0.2, 0.25) is 0 Å². The minimum Gasteiger partial charge on any atom is -0.269 e. The number of nitrogens with zero attached hydrogens (tertiary/aromatic N) is 2. The Morgan fingerprint density at radius 1 is 0.750 bits per heavy atom. The maximum absolute atomic E-state index is 13.2. The topological polar surface area (TPSA) is 50.3 Å². The van der Waals surface area contributed by atoms with Gasteiger partial charge in [0.25, 0.3) is 11.8 Å². The summed E-state index contributed by atoms with van der Waals surface area (Å²) in [6.45, 7) is 0.242. The van der Waals surface area contributed by atoms with E-state index < -0.39 is 0 Å². The van der Waals surface area contributed by atoms with Crippen molar-refractivity contribution >= 4 is 29.1 Å². The van der Waals surface area contributed by atoms with E-state index in [1.807, 2.05) is 72.8 Å². The van der Waals surface area contributed by atoms with E-state index in [1.54, 1.807) is 12.4 Å². The largest absolute Gasteiger partial charge is 0.269 e. The SMILES string of the molecule is O=C1C(SCc2ccccc2)=C(c2ccccc2)C(=O)N1Cc1ccncc1. The summed E-state index contributed by atoms with van der Waals surface area (Å²) >= 11 is 1.42. The Balaban J connectivity index is 1.66. The molecule has 28 heavy (non-hydrogen) atoms. The first-order valence-corrected chi connectivity index (χ1v) is 9.94. The lowest BCUT2D eigenvalue weighted by atomic mass is 10.1. The third-order valence-corrected chi connectivity index (χ3v) is 5.65. The highest BCUT2D eigenvalue weighted by molar-refractivity contribution is 8.03. The molecule has 0 unspecified atom stereocenters. The van der Waals surface area contributed by atoms with Crippen LogP contribution in [0.2, 0.25) is 0 Å². The normalized spacial score (nSPS) is 14.1. The highest BCUT2D eigenvalue weighted by Crippen LogP contribution is 2.38. The van der Waals surface area contributed by atoms with E-state index in [9.17, 15) is 9.59 Å². The molecule has 0 saturated carbocycles. The molecule has 0 saturated heterocycles. The number of thioether (sulfide) groups is 1. The molecule has 3 aromatic rings. The van der Waals surface area contributed by atoms with Gasteiger partial charge in [-0.3, -0.25) is 19.5 Å². The number of rotatable bonds is 6. The number of hydrogen-bond donors (Lipinski definition) is 0. The maximum Gasteiger partial charge on any atom is 0.268 e. The zero-order valence-corrected chi connectivity index (χ0v) is 15.9. The van der Waals surface area contributed by atoms with E-state index in [0.29, 0.717) is 16.2 Å². The molecule has 0 N–H and O–H groups in total. The predicted octanol–water partition coefficient (Wildman–Crippen LogP) is 4.30. The van der Waals surface area contributed by atoms with Gasteiger partial charge < -0.3 is 0 Å². The lowest BCUT2D eigenvalue weighted by molar-refractivity contribution is -0.137. The molecule has 5 heteroatoms. The second-order valence-corrected chi connectivity index (χ2v) is 7.38. The van der Waals surface area contributed by atoms with E-state index in [1.165, 1.54) is 16.7 Å². The average Bonchev–Trinajstić information content (AvgIpc) is 2.98. The van der Waals surface area contributed by atoms with Crippen molar-refractivity contribution in [2.24, 2.45) is 0 Å². The molecule has 1 aliphatic heterocycles. The van der Waals surface area contributed by atoms with Crippen LogP contribution in [0.3, 0.4) is 0 Å². The van der Waals surface area contributed by atoms with Crippen LogP contribution < -0.4 is 0 Å². The van der Waals surface area contributed by atoms with Crippen LogP contribution in [0.5, 0.6) is 0 Å². The molecule has 2 aromatic carbocycles. The smallest absolute Gasteiger partial charge is 0.268 e. The molecule has 0 radical (unpaired) electrons. The molecule has 0 fully saturated rings. The van der Waals surface area contributed by atoms with Gasteiger partial charge in [-0.25, -0.2) is 0 Å². The van der Waals surface area contributed by atoms with Gasteiger partial charge in [-0.2, -0.15) is 0 Å². The summed E-state index contributed by atoms with van der Waals surface area (Å²) in [6.07, 6.45) is 3.33. The van der Waals surface area contributed by atoms with Crippen molar-refractivity contribution in [3.05, 3.63) is 107 Å². The Morgan fingerprint density at radius 2 is 1.39 bits per heavy atom. The summed E-state index contributed by atoms with van der Waals surface area (Å²) in [5.74, 6) is 0.152. The molecular weight excluding hydrogens is 368 g/mol. The second-order valence-electron chi connectivity index (χ2n) is 6.40. The lowest BCUT2D eigenvalue weighted by Crippen LogP contribution is -2.30. The molecule has 4 rings (SSSR count). The van der Waals surface area contributed by atoms with E-state index >= 15 is 0 Å². The average molecular weight is 386 g/mol. The van der Waals surface area contributed by atoms with Crippen LogP contribution in [0.1, 0.15) is 16.7 Å². The van der Waals surface area contributed by atoms with Gasteiger partial charge in [0.05, 0.1) is 17.0 Å². The van der Waals surface area contributed by atoms with E-state index in [0.717, 1.165) is 16.7 Å². The number of aromatic nitrogens is 1. The van der Waals surface area contributed by atoms with E-state index in [4.69, 9.17) is 0 Å². The standard InChI is InChI=1S/C23H18N2O2S/c26-22-20(19-9-5-2-6-10-19)21(28-16-18-7-3-1-4-8-18)23(27)25(22)15-17-11-13-24-14-12-17/h1-14H,15-16H2. The van der Waals surface area contributed by atoms with Gasteiger partial charge in [-0.15, -0.1) is 11.8 Å². The Hall–Kier alpha value is -3.18. The van der Waals surface area contributed by atoms with Gasteiger partial charge >= 0.3 is 0 Å². The molecule has 1 aliphatic rings. The van der Waals surface area contributed by atoms with Gasteiger partial charge in [-0.05, 0) is 28.8 Å². The quantitative estimate of drug-likeness (QED) is 0.593. The molecule has 0 bridgehead atoms. The van der Waals surface area contributed by atoms with Gasteiger partial charge in [0.15, 0.2) is 0 Å². The van der Waals surface area contributed by atoms with Crippen LogP contribution >= 0.6 is 11.8 Å². The Bertz CT molecular complexity index is 1020. The van der Waals surface area contributed by atoms with Crippen LogP contribution in [-0.2, 0) is 21.9 Å². The first-order valence-electron chi connectivity index (χ1n) is 8.95. The van der Waals surface area contributed by atoms with Crippen molar-refractivity contribution < 1.29 is 9.59 Å². The number of carbonyl (C=O) groups excluding carboxylic acids is 2. The summed E-state index contributed by atoms with van der Waals surface area (Å²) < 4.78 is 0. The summed E-state index contributed by atoms with van der Waals surface area (Å²) in [5, 5.41) is 0. The zero-order chi connectivity index (χ0) is 19.3. The third-order valence-electron chi connectivity index (χ3n) is 4.50. The fourth-order valence-electron chi connectivity index (χ4n) is 3.09. The number of carbonyl (C=O) groups is 2. The summed E-state index contributed by atoms with van der Waals surface area (Å²) in [7, 11) is 0. The Labute approximate surface area is 167 Å². The summed E-state index contributed by atoms with van der Waals surface area (Å²) in [4.78, 5) is 32.1. The fraction of sp³-hybridized carbons (Fsp3) is 0.0870. The molecule has 138 valence electrons. The molecule has 0 atom stereocenters. The van der Waals surface area contributed by atoms with Crippen LogP contribution in [0, 0.1) is 0 Å². The van der Waals surface area contributed by atoms with Crippen LogP contribution in [0.4, 0.5) is 0 Å². The number of hydrogen-bond acceptors (Lipinski definition) is 4. The van der Waals surface area contributed by atoms with Gasteiger partial charge in [0.1, 0.15) is 0 Å². The molecule has 1 aromatic heterocycles. The number of amides is 2. The van der Waals surface area contributed by atoms with Gasteiger partial charge in [-0.1, -0.05) is 60.7 Å². The van der Waals surface area contributed by atoms with E-state index in [2.05, 4.69) is 4.98 Å². The predicted molar refractivity (Wildman–Crippen MR) is 111 cm³/mol. The van der Waals surface area contributed by atoms with Crippen LogP contribution in [-0.4, -0.2) is 21.7 Å². The first-order chi connectivity index (χ1) is 13.7.